The molecule has 0 saturated carbocycles. The Morgan fingerprint density at radius 3 is 2.48 bits per heavy atom. The molecule has 0 aliphatic rings. The molecule has 0 aliphatic heterocycles. The van der Waals surface area contributed by atoms with Gasteiger partial charge >= 0.3 is 0 Å². The maximum absolute atomic E-state index is 12.9. The van der Waals surface area contributed by atoms with Crippen molar-refractivity contribution in [1.82, 2.24) is 25.0 Å². The number of hydrogen-bond acceptors (Lipinski definition) is 6. The van der Waals surface area contributed by atoms with Crippen LogP contribution in [0, 0.1) is 6.92 Å². The number of aromatic nitrogens is 3. The van der Waals surface area contributed by atoms with Gasteiger partial charge in [-0.15, -0.1) is 10.2 Å². The molecule has 0 fully saturated rings. The quantitative estimate of drug-likeness (QED) is 0.685. The van der Waals surface area contributed by atoms with E-state index in [1.165, 1.54) is 0 Å². The Bertz CT molecular complexity index is 875. The molecule has 0 atom stereocenters. The number of likely N-dealkylation sites (N-methyl/N-ethyl adjacent to an activating group) is 1. The highest BCUT2D eigenvalue weighted by molar-refractivity contribution is 5.91. The van der Waals surface area contributed by atoms with Crippen molar-refractivity contribution in [2.75, 3.05) is 27.2 Å². The fourth-order valence-corrected chi connectivity index (χ4v) is 2.44. The first-order valence-corrected chi connectivity index (χ1v) is 8.12. The molecule has 130 valence electrons. The predicted octanol–water partition coefficient (Wildman–Crippen LogP) is 2.13. The van der Waals surface area contributed by atoms with E-state index < -0.39 is 0 Å². The molecule has 0 unspecified atom stereocenters. The monoisotopic (exact) mass is 339 g/mol. The van der Waals surface area contributed by atoms with E-state index in [-0.39, 0.29) is 11.7 Å². The summed E-state index contributed by atoms with van der Waals surface area (Å²) in [6, 6.07) is 11.1. The minimum Gasteiger partial charge on any atom is -0.464 e. The van der Waals surface area contributed by atoms with Crippen LogP contribution in [0.5, 0.6) is 0 Å². The molecule has 1 aromatic carbocycles. The summed E-state index contributed by atoms with van der Waals surface area (Å²) in [7, 11) is 3.93. The number of aryl methyl sites for hydroxylation is 1. The number of nitrogens with zero attached hydrogens (tertiary/aromatic N) is 5. The van der Waals surface area contributed by atoms with Gasteiger partial charge in [0.2, 0.25) is 5.82 Å². The average molecular weight is 339 g/mol. The number of fused-ring (bicyclic) bond motifs is 1. The summed E-state index contributed by atoms with van der Waals surface area (Å²) in [5, 5.41) is 8.10. The van der Waals surface area contributed by atoms with Gasteiger partial charge in [-0.3, -0.25) is 4.79 Å². The van der Waals surface area contributed by atoms with Crippen LogP contribution < -0.4 is 0 Å². The molecule has 3 aromatic rings. The second kappa shape index (κ2) is 7.40. The van der Waals surface area contributed by atoms with Gasteiger partial charge in [-0.05, 0) is 45.3 Å². The highest BCUT2D eigenvalue weighted by atomic mass is 16.3. The van der Waals surface area contributed by atoms with Crippen LogP contribution in [0.2, 0.25) is 0 Å². The Hall–Kier alpha value is -2.80. The van der Waals surface area contributed by atoms with E-state index in [4.69, 9.17) is 4.42 Å². The third-order valence-corrected chi connectivity index (χ3v) is 3.80. The van der Waals surface area contributed by atoms with E-state index in [1.807, 2.05) is 62.3 Å². The minimum absolute atomic E-state index is 0.0979. The summed E-state index contributed by atoms with van der Waals surface area (Å²) in [4.78, 5) is 21.0. The molecule has 0 bridgehead atoms. The summed E-state index contributed by atoms with van der Waals surface area (Å²) in [6.07, 6.45) is 0. The number of amides is 1. The largest absolute Gasteiger partial charge is 0.464 e. The minimum atomic E-state index is -0.255. The summed E-state index contributed by atoms with van der Waals surface area (Å²) < 4.78 is 5.61. The van der Waals surface area contributed by atoms with E-state index in [9.17, 15) is 4.79 Å². The van der Waals surface area contributed by atoms with Gasteiger partial charge in [0, 0.05) is 13.1 Å². The summed E-state index contributed by atoms with van der Waals surface area (Å²) in [6.45, 7) is 3.52. The van der Waals surface area contributed by atoms with Crippen LogP contribution >= 0.6 is 0 Å². The van der Waals surface area contributed by atoms with E-state index in [0.717, 1.165) is 18.1 Å². The van der Waals surface area contributed by atoms with Crippen molar-refractivity contribution in [3.8, 4) is 0 Å². The molecule has 25 heavy (non-hydrogen) atoms. The van der Waals surface area contributed by atoms with Crippen molar-refractivity contribution in [2.45, 2.75) is 13.5 Å². The Labute approximate surface area is 146 Å². The maximum Gasteiger partial charge on any atom is 0.294 e. The van der Waals surface area contributed by atoms with Crippen LogP contribution in [0.15, 0.2) is 40.8 Å². The van der Waals surface area contributed by atoms with Gasteiger partial charge in [-0.2, -0.15) is 0 Å². The topological polar surface area (TPSA) is 75.4 Å². The fourth-order valence-electron chi connectivity index (χ4n) is 2.44. The molecule has 7 heteroatoms. The molecule has 0 N–H and O–H groups in total. The lowest BCUT2D eigenvalue weighted by Gasteiger charge is -2.22. The molecule has 2 aromatic heterocycles. The SMILES string of the molecule is Cc1ccc(CN(CCN(C)C)C(=O)c2nnc3ccccc3n2)o1. The molecule has 0 saturated heterocycles. The summed E-state index contributed by atoms with van der Waals surface area (Å²) in [5.41, 5.74) is 1.32. The smallest absolute Gasteiger partial charge is 0.294 e. The van der Waals surface area contributed by atoms with E-state index in [2.05, 4.69) is 15.2 Å². The molecule has 0 aliphatic carbocycles. The zero-order chi connectivity index (χ0) is 17.8. The van der Waals surface area contributed by atoms with Crippen molar-refractivity contribution in [2.24, 2.45) is 0 Å². The second-order valence-electron chi connectivity index (χ2n) is 6.17. The Morgan fingerprint density at radius 2 is 1.80 bits per heavy atom. The zero-order valence-corrected chi connectivity index (χ0v) is 14.6. The molecule has 2 heterocycles. The van der Waals surface area contributed by atoms with Gasteiger partial charge in [0.15, 0.2) is 0 Å². The first-order chi connectivity index (χ1) is 12.0. The molecule has 1 amide bonds. The maximum atomic E-state index is 12.9. The first kappa shape index (κ1) is 17.0. The van der Waals surface area contributed by atoms with Crippen LogP contribution in [-0.4, -0.2) is 58.1 Å². The predicted molar refractivity (Wildman–Crippen MR) is 94.1 cm³/mol. The van der Waals surface area contributed by atoms with Gasteiger partial charge in [-0.1, -0.05) is 12.1 Å². The van der Waals surface area contributed by atoms with Gasteiger partial charge in [0.1, 0.15) is 17.0 Å². The van der Waals surface area contributed by atoms with Gasteiger partial charge in [-0.25, -0.2) is 4.98 Å². The van der Waals surface area contributed by atoms with E-state index in [0.29, 0.717) is 24.1 Å². The molecular weight excluding hydrogens is 318 g/mol. The summed E-state index contributed by atoms with van der Waals surface area (Å²) >= 11 is 0. The number of benzene rings is 1. The molecule has 3 rings (SSSR count). The third-order valence-electron chi connectivity index (χ3n) is 3.80. The first-order valence-electron chi connectivity index (χ1n) is 8.12. The zero-order valence-electron chi connectivity index (χ0n) is 14.6. The van der Waals surface area contributed by atoms with Gasteiger partial charge in [0.05, 0.1) is 12.1 Å². The molecule has 7 nitrogen and oxygen atoms in total. The van der Waals surface area contributed by atoms with E-state index in [1.54, 1.807) is 4.90 Å². The lowest BCUT2D eigenvalue weighted by molar-refractivity contribution is 0.0706. The molecule has 0 spiro atoms. The van der Waals surface area contributed by atoms with Crippen molar-refractivity contribution < 1.29 is 9.21 Å². The van der Waals surface area contributed by atoms with E-state index >= 15 is 0 Å². The van der Waals surface area contributed by atoms with Gasteiger partial charge in [0.25, 0.3) is 5.91 Å². The number of hydrogen-bond donors (Lipinski definition) is 0. The highest BCUT2D eigenvalue weighted by Crippen LogP contribution is 2.13. The standard InChI is InChI=1S/C18H21N5O2/c1-13-8-9-14(25-13)12-23(11-10-22(2)3)18(24)17-19-15-6-4-5-7-16(15)20-21-17/h4-9H,10-12H2,1-3H3. The van der Waals surface area contributed by atoms with Crippen LogP contribution in [-0.2, 0) is 6.54 Å². The number of para-hydroxylation sites is 1. The van der Waals surface area contributed by atoms with Crippen molar-refractivity contribution in [1.29, 1.82) is 0 Å². The lowest BCUT2D eigenvalue weighted by Crippen LogP contribution is -2.37. The number of carbonyl (C=O) groups excluding carboxylic acids is 1. The Kier molecular flexibility index (Phi) is 5.04. The second-order valence-corrected chi connectivity index (χ2v) is 6.17. The highest BCUT2D eigenvalue weighted by Gasteiger charge is 2.21. The molecule has 0 radical (unpaired) electrons. The normalized spacial score (nSPS) is 11.2. The van der Waals surface area contributed by atoms with Gasteiger partial charge < -0.3 is 14.2 Å². The van der Waals surface area contributed by atoms with Crippen molar-refractivity contribution in [3.05, 3.63) is 53.7 Å². The van der Waals surface area contributed by atoms with Crippen LogP contribution in [0.25, 0.3) is 11.0 Å². The Balaban J connectivity index is 1.85. The number of furan rings is 1. The third kappa shape index (κ3) is 4.19. The molecular formula is C18H21N5O2. The fraction of sp³-hybridized carbons (Fsp3) is 0.333. The number of carbonyl (C=O) groups is 1. The van der Waals surface area contributed by atoms with Crippen molar-refractivity contribution in [3.63, 3.8) is 0 Å². The number of rotatable bonds is 6. The summed E-state index contributed by atoms with van der Waals surface area (Å²) in [5.74, 6) is 1.40. The van der Waals surface area contributed by atoms with Crippen molar-refractivity contribution >= 4 is 16.9 Å². The van der Waals surface area contributed by atoms with Crippen LogP contribution in [0.4, 0.5) is 0 Å². The van der Waals surface area contributed by atoms with Crippen LogP contribution in [0.1, 0.15) is 22.1 Å². The van der Waals surface area contributed by atoms with Crippen LogP contribution in [0.3, 0.4) is 0 Å². The Morgan fingerprint density at radius 1 is 1.04 bits per heavy atom. The average Bonchev–Trinajstić information content (AvgIpc) is 3.02. The lowest BCUT2D eigenvalue weighted by atomic mass is 10.3.